The lowest BCUT2D eigenvalue weighted by molar-refractivity contribution is 0.338. The van der Waals surface area contributed by atoms with Gasteiger partial charge in [-0.25, -0.2) is 4.39 Å². The predicted octanol–water partition coefficient (Wildman–Crippen LogP) is -0.0958. The predicted molar refractivity (Wildman–Crippen MR) is 47.4 cm³/mol. The Hall–Kier alpha value is -1.07. The second-order valence-electron chi connectivity index (χ2n) is 2.26. The molecule has 0 radical (unpaired) electrons. The van der Waals surface area contributed by atoms with Crippen LogP contribution in [0.2, 0.25) is 0 Å². The molecular weight excluding hydrogens is 174 g/mol. The van der Waals surface area contributed by atoms with Crippen LogP contribution in [0.15, 0.2) is 18.2 Å². The molecule has 0 aromatic heterocycles. The SMILES string of the molecule is [2H]C([2H])([2H])C([2H])([2H])Oc1ccc(B(O)O)c(F)c1. The third-order valence-electron chi connectivity index (χ3n) is 1.42. The number of rotatable bonds is 3. The van der Waals surface area contributed by atoms with Gasteiger partial charge in [0, 0.05) is 15.6 Å². The van der Waals surface area contributed by atoms with Crippen molar-refractivity contribution >= 4 is 12.6 Å². The minimum absolute atomic E-state index is 0.363. The average Bonchev–Trinajstić information content (AvgIpc) is 2.14. The molecule has 0 saturated heterocycles. The van der Waals surface area contributed by atoms with Crippen LogP contribution in [-0.4, -0.2) is 23.7 Å². The summed E-state index contributed by atoms with van der Waals surface area (Å²) in [6, 6.07) is 2.69. The van der Waals surface area contributed by atoms with Crippen molar-refractivity contribution in [2.75, 3.05) is 6.56 Å². The van der Waals surface area contributed by atoms with Gasteiger partial charge in [0.15, 0.2) is 0 Å². The normalized spacial score (nSPS) is 17.6. The topological polar surface area (TPSA) is 49.7 Å². The fourth-order valence-electron chi connectivity index (χ4n) is 0.840. The standard InChI is InChI=1S/C8H10BFO3/c1-2-13-6-3-4-7(9(11)12)8(10)5-6/h3-5,11-12H,2H2,1H3/i1D3,2D2. The lowest BCUT2D eigenvalue weighted by Gasteiger charge is -2.05. The number of benzene rings is 1. The summed E-state index contributed by atoms with van der Waals surface area (Å²) in [5.74, 6) is -1.40. The van der Waals surface area contributed by atoms with Crippen molar-refractivity contribution in [1.82, 2.24) is 0 Å². The van der Waals surface area contributed by atoms with Crippen molar-refractivity contribution in [3.8, 4) is 5.75 Å². The number of hydrogen-bond acceptors (Lipinski definition) is 3. The van der Waals surface area contributed by atoms with Crippen LogP contribution in [0.5, 0.6) is 5.75 Å². The van der Waals surface area contributed by atoms with Crippen LogP contribution in [-0.2, 0) is 0 Å². The highest BCUT2D eigenvalue weighted by Gasteiger charge is 2.16. The van der Waals surface area contributed by atoms with Gasteiger partial charge in [0.25, 0.3) is 0 Å². The summed E-state index contributed by atoms with van der Waals surface area (Å²) >= 11 is 0. The highest BCUT2D eigenvalue weighted by atomic mass is 19.1. The molecule has 70 valence electrons. The third kappa shape index (κ3) is 2.43. The molecule has 0 aliphatic rings. The Kier molecular flexibility index (Phi) is 1.63. The fourth-order valence-corrected chi connectivity index (χ4v) is 0.840. The average molecular weight is 189 g/mol. The van der Waals surface area contributed by atoms with Crippen molar-refractivity contribution in [3.05, 3.63) is 24.0 Å². The molecule has 0 aliphatic heterocycles. The van der Waals surface area contributed by atoms with Crippen LogP contribution < -0.4 is 10.2 Å². The Morgan fingerprint density at radius 2 is 2.46 bits per heavy atom. The van der Waals surface area contributed by atoms with E-state index in [0.717, 1.165) is 12.1 Å². The van der Waals surface area contributed by atoms with Gasteiger partial charge in [0.1, 0.15) is 11.6 Å². The van der Waals surface area contributed by atoms with E-state index in [0.29, 0.717) is 6.07 Å². The molecule has 0 fully saturated rings. The lowest BCUT2D eigenvalue weighted by Crippen LogP contribution is -2.32. The van der Waals surface area contributed by atoms with Crippen LogP contribution >= 0.6 is 0 Å². The van der Waals surface area contributed by atoms with E-state index in [4.69, 9.17) is 16.9 Å². The Morgan fingerprint density at radius 3 is 3.00 bits per heavy atom. The molecule has 0 heterocycles. The van der Waals surface area contributed by atoms with Gasteiger partial charge in [-0.3, -0.25) is 0 Å². The number of halogens is 1. The summed E-state index contributed by atoms with van der Waals surface area (Å²) in [4.78, 5) is 0. The molecule has 0 unspecified atom stereocenters. The molecular formula is C8H10BFO3. The first-order valence-electron chi connectivity index (χ1n) is 5.89. The first-order chi connectivity index (χ1) is 8.04. The van der Waals surface area contributed by atoms with E-state index in [-0.39, 0.29) is 5.75 Å². The van der Waals surface area contributed by atoms with E-state index in [9.17, 15) is 4.39 Å². The van der Waals surface area contributed by atoms with Crippen LogP contribution in [0.3, 0.4) is 0 Å². The molecule has 5 heteroatoms. The largest absolute Gasteiger partial charge is 0.494 e. The highest BCUT2D eigenvalue weighted by molar-refractivity contribution is 6.58. The molecule has 1 aromatic rings. The van der Waals surface area contributed by atoms with Gasteiger partial charge in [0.2, 0.25) is 0 Å². The van der Waals surface area contributed by atoms with E-state index in [1.54, 1.807) is 0 Å². The van der Waals surface area contributed by atoms with Crippen molar-refractivity contribution < 1.29 is 26.0 Å². The zero-order valence-electron chi connectivity index (χ0n) is 11.5. The molecule has 0 amide bonds. The summed E-state index contributed by atoms with van der Waals surface area (Å²) < 4.78 is 53.0. The summed E-state index contributed by atoms with van der Waals surface area (Å²) in [7, 11) is -2.02. The van der Waals surface area contributed by atoms with E-state index in [1.165, 1.54) is 0 Å². The lowest BCUT2D eigenvalue weighted by atomic mass is 9.80. The minimum Gasteiger partial charge on any atom is -0.494 e. The molecule has 1 rings (SSSR count). The van der Waals surface area contributed by atoms with Crippen LogP contribution in [0.4, 0.5) is 4.39 Å². The monoisotopic (exact) mass is 189 g/mol. The fraction of sp³-hybridized carbons (Fsp3) is 0.250. The second-order valence-corrected chi connectivity index (χ2v) is 2.26. The quantitative estimate of drug-likeness (QED) is 0.653. The summed E-state index contributed by atoms with van der Waals surface area (Å²) in [5, 5.41) is 17.5. The van der Waals surface area contributed by atoms with Gasteiger partial charge in [-0.15, -0.1) is 0 Å². The van der Waals surface area contributed by atoms with E-state index in [2.05, 4.69) is 4.74 Å². The molecule has 0 atom stereocenters. The molecule has 3 nitrogen and oxygen atoms in total. The second kappa shape index (κ2) is 4.25. The molecule has 0 saturated carbocycles. The van der Waals surface area contributed by atoms with Gasteiger partial charge in [-0.05, 0) is 12.9 Å². The summed E-state index contributed by atoms with van der Waals surface area (Å²) in [6.45, 7) is -6.00. The van der Waals surface area contributed by atoms with Crippen molar-refractivity contribution in [1.29, 1.82) is 0 Å². The first-order valence-corrected chi connectivity index (χ1v) is 3.39. The zero-order chi connectivity index (χ0) is 14.1. The summed E-state index contributed by atoms with van der Waals surface area (Å²) in [5.41, 5.74) is -0.420. The van der Waals surface area contributed by atoms with Gasteiger partial charge in [-0.1, -0.05) is 6.07 Å². The van der Waals surface area contributed by atoms with Crippen LogP contribution in [0, 0.1) is 5.82 Å². The van der Waals surface area contributed by atoms with Crippen LogP contribution in [0.25, 0.3) is 0 Å². The molecule has 0 bridgehead atoms. The van der Waals surface area contributed by atoms with E-state index < -0.39 is 31.8 Å². The van der Waals surface area contributed by atoms with E-state index in [1.807, 2.05) is 0 Å². The molecule has 13 heavy (non-hydrogen) atoms. The van der Waals surface area contributed by atoms with Crippen molar-refractivity contribution in [2.24, 2.45) is 0 Å². The minimum atomic E-state index is -3.03. The number of ether oxygens (including phenoxy) is 1. The Morgan fingerprint density at radius 1 is 1.69 bits per heavy atom. The maximum atomic E-state index is 13.3. The van der Waals surface area contributed by atoms with Gasteiger partial charge >= 0.3 is 7.12 Å². The maximum Gasteiger partial charge on any atom is 0.491 e. The van der Waals surface area contributed by atoms with Crippen LogP contribution in [0.1, 0.15) is 13.7 Å². The summed E-state index contributed by atoms with van der Waals surface area (Å²) in [6.07, 6.45) is 0. The molecule has 1 aromatic carbocycles. The molecule has 0 spiro atoms. The zero-order valence-corrected chi connectivity index (χ0v) is 6.49. The van der Waals surface area contributed by atoms with Gasteiger partial charge in [0.05, 0.1) is 9.30 Å². The highest BCUT2D eigenvalue weighted by Crippen LogP contribution is 2.10. The van der Waals surface area contributed by atoms with Gasteiger partial charge < -0.3 is 14.8 Å². The Labute approximate surface area is 82.9 Å². The van der Waals surface area contributed by atoms with Gasteiger partial charge in [-0.2, -0.15) is 0 Å². The maximum absolute atomic E-state index is 13.3. The van der Waals surface area contributed by atoms with Crippen molar-refractivity contribution in [3.63, 3.8) is 0 Å². The third-order valence-corrected chi connectivity index (χ3v) is 1.42. The first kappa shape index (κ1) is 4.98. The smallest absolute Gasteiger partial charge is 0.491 e. The molecule has 2 N–H and O–H groups in total. The van der Waals surface area contributed by atoms with Crippen molar-refractivity contribution in [2.45, 2.75) is 6.85 Å². The Bertz CT molecular complexity index is 437. The molecule has 0 aliphatic carbocycles. The number of hydrogen-bond donors (Lipinski definition) is 2. The van der Waals surface area contributed by atoms with E-state index >= 15 is 0 Å². The Balaban J connectivity index is 2.97.